The van der Waals surface area contributed by atoms with Crippen LogP contribution in [0.1, 0.15) is 44.2 Å². The van der Waals surface area contributed by atoms with Crippen LogP contribution < -0.4 is 10.5 Å². The van der Waals surface area contributed by atoms with Gasteiger partial charge in [-0.05, 0) is 37.5 Å². The average Bonchev–Trinajstić information content (AvgIpc) is 2.37. The molecule has 3 N–H and O–H groups in total. The Kier molecular flexibility index (Phi) is 6.10. The second kappa shape index (κ2) is 7.15. The Balaban J connectivity index is 3.04. The molecule has 6 heteroatoms. The van der Waals surface area contributed by atoms with E-state index >= 15 is 0 Å². The number of sulfonamides is 1. The molecule has 0 aromatic heterocycles. The van der Waals surface area contributed by atoms with Crippen LogP contribution in [0.25, 0.3) is 0 Å². The van der Waals surface area contributed by atoms with Crippen molar-refractivity contribution in [1.29, 1.82) is 0 Å². The number of aryl methyl sites for hydroxylation is 1. The molecule has 0 bridgehead atoms. The number of thiocarbonyl (C=S) groups is 1. The van der Waals surface area contributed by atoms with Gasteiger partial charge in [-0.15, -0.1) is 0 Å². The van der Waals surface area contributed by atoms with E-state index in [2.05, 4.69) is 4.72 Å². The van der Waals surface area contributed by atoms with Gasteiger partial charge in [0.15, 0.2) is 0 Å². The third-order valence-electron chi connectivity index (χ3n) is 3.23. The molecule has 1 unspecified atom stereocenters. The van der Waals surface area contributed by atoms with Gasteiger partial charge in [0.05, 0.1) is 4.90 Å². The number of hydrogen-bond acceptors (Lipinski definition) is 3. The summed E-state index contributed by atoms with van der Waals surface area (Å²) in [5, 5.41) is 0. The van der Waals surface area contributed by atoms with Crippen LogP contribution in [0.2, 0.25) is 0 Å². The highest BCUT2D eigenvalue weighted by molar-refractivity contribution is 7.89. The Morgan fingerprint density at radius 3 is 2.50 bits per heavy atom. The zero-order valence-corrected chi connectivity index (χ0v) is 13.8. The fourth-order valence-electron chi connectivity index (χ4n) is 2.06. The van der Waals surface area contributed by atoms with Gasteiger partial charge < -0.3 is 5.73 Å². The van der Waals surface area contributed by atoms with E-state index in [1.54, 1.807) is 25.1 Å². The van der Waals surface area contributed by atoms with E-state index < -0.39 is 10.0 Å². The Labute approximate surface area is 126 Å². The van der Waals surface area contributed by atoms with E-state index in [0.717, 1.165) is 24.8 Å². The molecule has 4 nitrogen and oxygen atoms in total. The first-order valence-electron chi connectivity index (χ1n) is 6.74. The average molecular weight is 314 g/mol. The van der Waals surface area contributed by atoms with Gasteiger partial charge in [0.1, 0.15) is 4.99 Å². The molecule has 1 aromatic carbocycles. The third-order valence-corrected chi connectivity index (χ3v) is 4.96. The molecule has 0 amide bonds. The molecule has 1 aromatic rings. The maximum atomic E-state index is 12.3. The third kappa shape index (κ3) is 4.26. The molecule has 112 valence electrons. The van der Waals surface area contributed by atoms with E-state index in [0.29, 0.717) is 5.56 Å². The standard InChI is InChI=1S/C14H22N2O2S2/c1-4-6-11(5-2)16-20(17,18)12-7-8-13(14(15)19)10(3)9-12/h7-9,11,16H,4-6H2,1-3H3,(H2,15,19). The predicted molar refractivity (Wildman–Crippen MR) is 86.4 cm³/mol. The first kappa shape index (κ1) is 17.1. The van der Waals surface area contributed by atoms with Crippen molar-refractivity contribution in [2.75, 3.05) is 0 Å². The van der Waals surface area contributed by atoms with Crippen molar-refractivity contribution in [3.8, 4) is 0 Å². The summed E-state index contributed by atoms with van der Waals surface area (Å²) in [6.07, 6.45) is 2.55. The molecular formula is C14H22N2O2S2. The summed E-state index contributed by atoms with van der Waals surface area (Å²) in [5.74, 6) is 0. The van der Waals surface area contributed by atoms with Gasteiger partial charge in [-0.25, -0.2) is 13.1 Å². The largest absolute Gasteiger partial charge is 0.389 e. The zero-order chi connectivity index (χ0) is 15.3. The molecule has 20 heavy (non-hydrogen) atoms. The molecule has 0 saturated heterocycles. The molecular weight excluding hydrogens is 292 g/mol. The number of rotatable bonds is 7. The second-order valence-corrected chi connectivity index (χ2v) is 7.01. The molecule has 0 radical (unpaired) electrons. The normalized spacial score (nSPS) is 13.2. The lowest BCUT2D eigenvalue weighted by Crippen LogP contribution is -2.34. The summed E-state index contributed by atoms with van der Waals surface area (Å²) in [7, 11) is -3.49. The maximum Gasteiger partial charge on any atom is 0.240 e. The molecule has 1 atom stereocenters. The van der Waals surface area contributed by atoms with Crippen molar-refractivity contribution >= 4 is 27.2 Å². The van der Waals surface area contributed by atoms with Gasteiger partial charge in [-0.2, -0.15) is 0 Å². The van der Waals surface area contributed by atoms with Crippen LogP contribution in [0.5, 0.6) is 0 Å². The van der Waals surface area contributed by atoms with Gasteiger partial charge in [-0.3, -0.25) is 0 Å². The quantitative estimate of drug-likeness (QED) is 0.759. The summed E-state index contributed by atoms with van der Waals surface area (Å²) in [6, 6.07) is 4.78. The fourth-order valence-corrected chi connectivity index (χ4v) is 3.73. The van der Waals surface area contributed by atoms with Crippen molar-refractivity contribution in [2.45, 2.75) is 51.0 Å². The minimum absolute atomic E-state index is 0.0273. The zero-order valence-electron chi connectivity index (χ0n) is 12.1. The SMILES string of the molecule is CCCC(CC)NS(=O)(=O)c1ccc(C(N)=S)c(C)c1. The minimum atomic E-state index is -3.49. The van der Waals surface area contributed by atoms with Crippen molar-refractivity contribution in [3.05, 3.63) is 29.3 Å². The molecule has 0 aliphatic rings. The number of nitrogens with one attached hydrogen (secondary N) is 1. The van der Waals surface area contributed by atoms with E-state index in [-0.39, 0.29) is 15.9 Å². The lowest BCUT2D eigenvalue weighted by Gasteiger charge is -2.17. The van der Waals surface area contributed by atoms with Crippen molar-refractivity contribution < 1.29 is 8.42 Å². The van der Waals surface area contributed by atoms with Crippen LogP contribution >= 0.6 is 12.2 Å². The van der Waals surface area contributed by atoms with Gasteiger partial charge >= 0.3 is 0 Å². The predicted octanol–water partition coefficient (Wildman–Crippen LogP) is 2.49. The lowest BCUT2D eigenvalue weighted by molar-refractivity contribution is 0.512. The van der Waals surface area contributed by atoms with Crippen molar-refractivity contribution in [2.24, 2.45) is 5.73 Å². The number of benzene rings is 1. The number of nitrogens with two attached hydrogens (primary N) is 1. The fraction of sp³-hybridized carbons (Fsp3) is 0.500. The molecule has 0 aliphatic carbocycles. The topological polar surface area (TPSA) is 72.2 Å². The van der Waals surface area contributed by atoms with Crippen LogP contribution in [0, 0.1) is 6.92 Å². The molecule has 0 fully saturated rings. The van der Waals surface area contributed by atoms with E-state index in [1.165, 1.54) is 0 Å². The van der Waals surface area contributed by atoms with Gasteiger partial charge in [-0.1, -0.05) is 38.6 Å². The highest BCUT2D eigenvalue weighted by atomic mass is 32.2. The van der Waals surface area contributed by atoms with Crippen molar-refractivity contribution in [3.63, 3.8) is 0 Å². The van der Waals surface area contributed by atoms with Crippen LogP contribution in [0.3, 0.4) is 0 Å². The van der Waals surface area contributed by atoms with Gasteiger partial charge in [0.25, 0.3) is 0 Å². The Morgan fingerprint density at radius 2 is 2.05 bits per heavy atom. The summed E-state index contributed by atoms with van der Waals surface area (Å²) < 4.78 is 27.4. The highest BCUT2D eigenvalue weighted by Crippen LogP contribution is 2.17. The van der Waals surface area contributed by atoms with Crippen LogP contribution in [-0.2, 0) is 10.0 Å². The van der Waals surface area contributed by atoms with E-state index in [1.807, 2.05) is 13.8 Å². The van der Waals surface area contributed by atoms with Crippen LogP contribution in [0.15, 0.2) is 23.1 Å². The number of hydrogen-bond donors (Lipinski definition) is 2. The molecule has 0 aliphatic heterocycles. The highest BCUT2D eigenvalue weighted by Gasteiger charge is 2.19. The summed E-state index contributed by atoms with van der Waals surface area (Å²) in [5.41, 5.74) is 7.06. The Morgan fingerprint density at radius 1 is 1.40 bits per heavy atom. The summed E-state index contributed by atoms with van der Waals surface area (Å²) >= 11 is 4.92. The van der Waals surface area contributed by atoms with Crippen LogP contribution in [-0.4, -0.2) is 19.4 Å². The molecule has 1 rings (SSSR count). The van der Waals surface area contributed by atoms with Crippen molar-refractivity contribution in [1.82, 2.24) is 4.72 Å². The second-order valence-electron chi connectivity index (χ2n) is 4.86. The smallest absolute Gasteiger partial charge is 0.240 e. The molecule has 0 spiro atoms. The van der Waals surface area contributed by atoms with Crippen LogP contribution in [0.4, 0.5) is 0 Å². The summed E-state index contributed by atoms with van der Waals surface area (Å²) in [4.78, 5) is 0.529. The Hall–Kier alpha value is -0.980. The lowest BCUT2D eigenvalue weighted by atomic mass is 10.1. The molecule has 0 saturated carbocycles. The van der Waals surface area contributed by atoms with E-state index in [9.17, 15) is 8.42 Å². The Bertz CT molecular complexity index is 583. The first-order valence-corrected chi connectivity index (χ1v) is 8.63. The summed E-state index contributed by atoms with van der Waals surface area (Å²) in [6.45, 7) is 5.82. The minimum Gasteiger partial charge on any atom is -0.389 e. The first-order chi connectivity index (χ1) is 9.31. The van der Waals surface area contributed by atoms with Gasteiger partial charge in [0, 0.05) is 11.6 Å². The van der Waals surface area contributed by atoms with E-state index in [4.69, 9.17) is 18.0 Å². The molecule has 0 heterocycles. The maximum absolute atomic E-state index is 12.3. The van der Waals surface area contributed by atoms with Gasteiger partial charge in [0.2, 0.25) is 10.0 Å². The monoisotopic (exact) mass is 314 g/mol.